The molecule has 0 amide bonds. The third kappa shape index (κ3) is 3.83. The SMILES string of the molecule is CC(C)c1ccc(Nc2nc(N)c(C(=O)c3ccccc3Cl)s2)cc1. The molecule has 2 aromatic carbocycles. The van der Waals surface area contributed by atoms with E-state index in [4.69, 9.17) is 17.3 Å². The average Bonchev–Trinajstić information content (AvgIpc) is 2.95. The highest BCUT2D eigenvalue weighted by Crippen LogP contribution is 2.31. The van der Waals surface area contributed by atoms with Crippen LogP contribution in [0.5, 0.6) is 0 Å². The molecule has 1 heterocycles. The topological polar surface area (TPSA) is 68.0 Å². The van der Waals surface area contributed by atoms with E-state index < -0.39 is 0 Å². The van der Waals surface area contributed by atoms with Gasteiger partial charge in [0.15, 0.2) is 5.13 Å². The lowest BCUT2D eigenvalue weighted by molar-refractivity contribution is 0.104. The Morgan fingerprint density at radius 2 is 1.84 bits per heavy atom. The van der Waals surface area contributed by atoms with E-state index in [1.54, 1.807) is 24.3 Å². The smallest absolute Gasteiger partial charge is 0.208 e. The van der Waals surface area contributed by atoms with Crippen LogP contribution in [0, 0.1) is 0 Å². The molecule has 0 unspecified atom stereocenters. The predicted molar refractivity (Wildman–Crippen MR) is 105 cm³/mol. The Morgan fingerprint density at radius 1 is 1.16 bits per heavy atom. The molecule has 0 aliphatic heterocycles. The van der Waals surface area contributed by atoms with Crippen LogP contribution in [0.2, 0.25) is 5.02 Å². The summed E-state index contributed by atoms with van der Waals surface area (Å²) in [4.78, 5) is 17.3. The van der Waals surface area contributed by atoms with Gasteiger partial charge in [-0.1, -0.05) is 61.1 Å². The molecule has 1 aromatic heterocycles. The van der Waals surface area contributed by atoms with Crippen molar-refractivity contribution in [2.24, 2.45) is 0 Å². The summed E-state index contributed by atoms with van der Waals surface area (Å²) in [5.41, 5.74) is 8.53. The second-order valence-electron chi connectivity index (χ2n) is 5.94. The second kappa shape index (κ2) is 7.25. The molecule has 3 rings (SSSR count). The van der Waals surface area contributed by atoms with Gasteiger partial charge in [0.05, 0.1) is 5.02 Å². The highest BCUT2D eigenvalue weighted by molar-refractivity contribution is 7.18. The van der Waals surface area contributed by atoms with Crippen LogP contribution in [0.15, 0.2) is 48.5 Å². The number of nitrogens with two attached hydrogens (primary N) is 1. The quantitative estimate of drug-likeness (QED) is 0.583. The van der Waals surface area contributed by atoms with Crippen LogP contribution < -0.4 is 11.1 Å². The van der Waals surface area contributed by atoms with Gasteiger partial charge in [-0.05, 0) is 35.7 Å². The number of carbonyl (C=O) groups is 1. The molecule has 0 saturated carbocycles. The lowest BCUT2D eigenvalue weighted by Crippen LogP contribution is -2.03. The average molecular weight is 372 g/mol. The summed E-state index contributed by atoms with van der Waals surface area (Å²) < 4.78 is 0. The molecule has 3 N–H and O–H groups in total. The minimum Gasteiger partial charge on any atom is -0.382 e. The summed E-state index contributed by atoms with van der Waals surface area (Å²) in [7, 11) is 0. The van der Waals surface area contributed by atoms with Crippen molar-refractivity contribution in [1.82, 2.24) is 4.98 Å². The van der Waals surface area contributed by atoms with E-state index in [1.807, 2.05) is 12.1 Å². The summed E-state index contributed by atoms with van der Waals surface area (Å²) in [6, 6.07) is 15.0. The molecular weight excluding hydrogens is 354 g/mol. The summed E-state index contributed by atoms with van der Waals surface area (Å²) in [6.45, 7) is 4.30. The van der Waals surface area contributed by atoms with Gasteiger partial charge in [-0.3, -0.25) is 4.79 Å². The lowest BCUT2D eigenvalue weighted by Gasteiger charge is -2.07. The summed E-state index contributed by atoms with van der Waals surface area (Å²) in [6.07, 6.45) is 0. The Balaban J connectivity index is 1.83. The third-order valence-corrected chi connectivity index (χ3v) is 5.12. The minimum absolute atomic E-state index is 0.205. The van der Waals surface area contributed by atoms with E-state index >= 15 is 0 Å². The number of hydrogen-bond acceptors (Lipinski definition) is 5. The van der Waals surface area contributed by atoms with Crippen molar-refractivity contribution in [3.63, 3.8) is 0 Å². The molecule has 128 valence electrons. The van der Waals surface area contributed by atoms with E-state index in [0.717, 1.165) is 5.69 Å². The molecule has 0 bridgehead atoms. The standard InChI is InChI=1S/C19H18ClN3OS/c1-11(2)12-7-9-13(10-8-12)22-19-23-18(21)17(25-19)16(24)14-5-3-4-6-15(14)20/h3-11H,21H2,1-2H3,(H,22,23). The van der Waals surface area contributed by atoms with Gasteiger partial charge in [0.25, 0.3) is 0 Å². The van der Waals surface area contributed by atoms with Crippen molar-refractivity contribution in [2.45, 2.75) is 19.8 Å². The summed E-state index contributed by atoms with van der Waals surface area (Å²) in [5.74, 6) is 0.462. The Hall–Kier alpha value is -2.37. The van der Waals surface area contributed by atoms with Crippen LogP contribution in [-0.2, 0) is 0 Å². The van der Waals surface area contributed by atoms with Crippen molar-refractivity contribution in [3.05, 3.63) is 69.6 Å². The molecule has 0 saturated heterocycles. The minimum atomic E-state index is -0.219. The zero-order valence-corrected chi connectivity index (χ0v) is 15.5. The van der Waals surface area contributed by atoms with Gasteiger partial charge in [0.1, 0.15) is 10.7 Å². The van der Waals surface area contributed by atoms with E-state index in [9.17, 15) is 4.79 Å². The maximum atomic E-state index is 12.7. The normalized spacial score (nSPS) is 10.9. The maximum Gasteiger partial charge on any atom is 0.208 e. The van der Waals surface area contributed by atoms with Crippen molar-refractivity contribution in [3.8, 4) is 0 Å². The number of aromatic nitrogens is 1. The van der Waals surface area contributed by atoms with Crippen molar-refractivity contribution in [2.75, 3.05) is 11.1 Å². The second-order valence-corrected chi connectivity index (χ2v) is 7.35. The fraction of sp³-hybridized carbons (Fsp3) is 0.158. The molecular formula is C19H18ClN3OS. The van der Waals surface area contributed by atoms with Crippen molar-refractivity contribution >= 4 is 45.4 Å². The van der Waals surface area contributed by atoms with Crippen molar-refractivity contribution < 1.29 is 4.79 Å². The lowest BCUT2D eigenvalue weighted by atomic mass is 10.0. The first-order valence-electron chi connectivity index (χ1n) is 7.88. The zero-order valence-electron chi connectivity index (χ0n) is 13.9. The first-order chi connectivity index (χ1) is 12.0. The number of benzene rings is 2. The van der Waals surface area contributed by atoms with Gasteiger partial charge in [0.2, 0.25) is 5.78 Å². The summed E-state index contributed by atoms with van der Waals surface area (Å²) >= 11 is 7.33. The van der Waals surface area contributed by atoms with Crippen LogP contribution in [0.4, 0.5) is 16.6 Å². The molecule has 0 spiro atoms. The molecule has 4 nitrogen and oxygen atoms in total. The number of anilines is 3. The molecule has 0 aliphatic rings. The molecule has 0 fully saturated rings. The van der Waals surface area contributed by atoms with Gasteiger partial charge in [-0.25, -0.2) is 4.98 Å². The predicted octanol–water partition coefficient (Wildman–Crippen LogP) is 5.48. The van der Waals surface area contributed by atoms with Gasteiger partial charge in [0, 0.05) is 11.3 Å². The van der Waals surface area contributed by atoms with E-state index in [1.165, 1.54) is 16.9 Å². The Kier molecular flexibility index (Phi) is 5.06. The largest absolute Gasteiger partial charge is 0.382 e. The molecule has 25 heavy (non-hydrogen) atoms. The first kappa shape index (κ1) is 17.5. The monoisotopic (exact) mass is 371 g/mol. The van der Waals surface area contributed by atoms with Crippen LogP contribution in [0.25, 0.3) is 0 Å². The van der Waals surface area contributed by atoms with Crippen LogP contribution in [0.3, 0.4) is 0 Å². The number of ketones is 1. The Labute approximate surface area is 155 Å². The van der Waals surface area contributed by atoms with E-state index in [2.05, 4.69) is 36.3 Å². The zero-order chi connectivity index (χ0) is 18.0. The van der Waals surface area contributed by atoms with Crippen LogP contribution in [-0.4, -0.2) is 10.8 Å². The number of nitrogens with zero attached hydrogens (tertiary/aromatic N) is 1. The third-order valence-electron chi connectivity index (χ3n) is 3.81. The van der Waals surface area contributed by atoms with Gasteiger partial charge in [-0.15, -0.1) is 0 Å². The maximum absolute atomic E-state index is 12.7. The molecule has 0 aliphatic carbocycles. The number of rotatable bonds is 5. The summed E-state index contributed by atoms with van der Waals surface area (Å²) in [5, 5.41) is 4.17. The fourth-order valence-corrected chi connectivity index (χ4v) is 3.47. The van der Waals surface area contributed by atoms with Crippen molar-refractivity contribution in [1.29, 1.82) is 0 Å². The van der Waals surface area contributed by atoms with E-state index in [0.29, 0.717) is 26.5 Å². The van der Waals surface area contributed by atoms with Gasteiger partial charge < -0.3 is 11.1 Å². The molecule has 6 heteroatoms. The molecule has 0 radical (unpaired) electrons. The Bertz CT molecular complexity index is 903. The highest BCUT2D eigenvalue weighted by atomic mass is 35.5. The molecule has 3 aromatic rings. The van der Waals surface area contributed by atoms with Gasteiger partial charge >= 0.3 is 0 Å². The number of carbonyl (C=O) groups excluding carboxylic acids is 1. The first-order valence-corrected chi connectivity index (χ1v) is 9.07. The van der Waals surface area contributed by atoms with Gasteiger partial charge in [-0.2, -0.15) is 0 Å². The number of nitrogens with one attached hydrogen (secondary N) is 1. The molecule has 0 atom stereocenters. The Morgan fingerprint density at radius 3 is 2.48 bits per heavy atom. The highest BCUT2D eigenvalue weighted by Gasteiger charge is 2.20. The number of hydrogen-bond donors (Lipinski definition) is 2. The fourth-order valence-electron chi connectivity index (χ4n) is 2.39. The number of nitrogen functional groups attached to an aromatic ring is 1. The number of thiazole rings is 1. The van der Waals surface area contributed by atoms with Crippen LogP contribution >= 0.6 is 22.9 Å². The number of halogens is 1. The van der Waals surface area contributed by atoms with E-state index in [-0.39, 0.29) is 11.6 Å². The van der Waals surface area contributed by atoms with Crippen LogP contribution in [0.1, 0.15) is 40.6 Å².